The first-order chi connectivity index (χ1) is 11.0. The van der Waals surface area contributed by atoms with Crippen LogP contribution in [0.2, 0.25) is 10.0 Å². The van der Waals surface area contributed by atoms with Gasteiger partial charge >= 0.3 is 5.97 Å². The molecule has 0 spiro atoms. The Morgan fingerprint density at radius 3 is 2.78 bits per heavy atom. The lowest BCUT2D eigenvalue weighted by molar-refractivity contribution is -0.153. The zero-order chi connectivity index (χ0) is 16.8. The molecule has 1 aliphatic rings. The number of carbonyl (C=O) groups is 2. The lowest BCUT2D eigenvalue weighted by Crippen LogP contribution is -2.32. The summed E-state index contributed by atoms with van der Waals surface area (Å²) in [6.45, 7) is 1.52. The molecule has 0 fully saturated rings. The van der Waals surface area contributed by atoms with E-state index in [1.807, 2.05) is 12.2 Å². The molecular formula is C17H19Cl2NO3. The minimum Gasteiger partial charge on any atom is -0.455 e. The smallest absolute Gasteiger partial charge is 0.309 e. The van der Waals surface area contributed by atoms with Crippen molar-refractivity contribution < 1.29 is 14.3 Å². The summed E-state index contributed by atoms with van der Waals surface area (Å²) in [7, 11) is 0. The SMILES string of the molecule is C[C@H](NC(=O)COC(=O)[C@H]1CC=CCC1)c1ccc(Cl)cc1Cl. The van der Waals surface area contributed by atoms with Gasteiger partial charge in [0, 0.05) is 10.0 Å². The third-order valence-corrected chi connectivity index (χ3v) is 4.32. The summed E-state index contributed by atoms with van der Waals surface area (Å²) in [5.74, 6) is -0.819. The molecule has 2 atom stereocenters. The van der Waals surface area contributed by atoms with Crippen molar-refractivity contribution in [2.24, 2.45) is 5.92 Å². The molecular weight excluding hydrogens is 337 g/mol. The van der Waals surface area contributed by atoms with E-state index in [0.29, 0.717) is 16.5 Å². The Hall–Kier alpha value is -1.52. The van der Waals surface area contributed by atoms with Crippen LogP contribution in [-0.2, 0) is 14.3 Å². The van der Waals surface area contributed by atoms with E-state index in [1.165, 1.54) is 0 Å². The minimum atomic E-state index is -0.358. The van der Waals surface area contributed by atoms with Gasteiger partial charge in [-0.05, 0) is 43.9 Å². The topological polar surface area (TPSA) is 55.4 Å². The molecule has 124 valence electrons. The highest BCUT2D eigenvalue weighted by Gasteiger charge is 2.21. The quantitative estimate of drug-likeness (QED) is 0.639. The number of nitrogens with one attached hydrogen (secondary N) is 1. The van der Waals surface area contributed by atoms with Gasteiger partial charge in [0.1, 0.15) is 0 Å². The predicted octanol–water partition coefficient (Wildman–Crippen LogP) is 4.07. The highest BCUT2D eigenvalue weighted by atomic mass is 35.5. The summed E-state index contributed by atoms with van der Waals surface area (Å²) < 4.78 is 5.09. The van der Waals surface area contributed by atoms with Crippen LogP contribution in [0.25, 0.3) is 0 Å². The molecule has 2 rings (SSSR count). The van der Waals surface area contributed by atoms with Crippen LogP contribution in [0.1, 0.15) is 37.8 Å². The molecule has 0 heterocycles. The van der Waals surface area contributed by atoms with Gasteiger partial charge in [0.25, 0.3) is 5.91 Å². The van der Waals surface area contributed by atoms with Crippen molar-refractivity contribution in [3.8, 4) is 0 Å². The Morgan fingerprint density at radius 2 is 2.13 bits per heavy atom. The highest BCUT2D eigenvalue weighted by Crippen LogP contribution is 2.26. The standard InChI is InChI=1S/C17H19Cl2NO3/c1-11(14-8-7-13(18)9-15(14)19)20-16(21)10-23-17(22)12-5-3-2-4-6-12/h2-3,7-9,11-12H,4-6,10H2,1H3,(H,20,21)/t11-,12-/m0/s1. The first kappa shape index (κ1) is 17.8. The summed E-state index contributed by atoms with van der Waals surface area (Å²) in [5, 5.41) is 3.77. The van der Waals surface area contributed by atoms with Crippen LogP contribution in [0, 0.1) is 5.92 Å². The molecule has 6 heteroatoms. The van der Waals surface area contributed by atoms with Gasteiger partial charge in [-0.1, -0.05) is 41.4 Å². The number of esters is 1. The van der Waals surface area contributed by atoms with Crippen LogP contribution in [0.3, 0.4) is 0 Å². The largest absolute Gasteiger partial charge is 0.455 e. The van der Waals surface area contributed by atoms with Crippen LogP contribution in [0.5, 0.6) is 0 Å². The molecule has 0 aromatic heterocycles. The Kier molecular flexibility index (Phi) is 6.48. The summed E-state index contributed by atoms with van der Waals surface area (Å²) >= 11 is 12.0. The molecule has 0 unspecified atom stereocenters. The van der Waals surface area contributed by atoms with Crippen molar-refractivity contribution in [1.82, 2.24) is 5.32 Å². The summed E-state index contributed by atoms with van der Waals surface area (Å²) in [4.78, 5) is 23.8. The van der Waals surface area contributed by atoms with Gasteiger partial charge in [-0.3, -0.25) is 9.59 Å². The fourth-order valence-electron chi connectivity index (χ4n) is 2.48. The molecule has 1 N–H and O–H groups in total. The second-order valence-electron chi connectivity index (χ2n) is 5.54. The maximum atomic E-state index is 11.9. The Labute approximate surface area is 145 Å². The number of amides is 1. The van der Waals surface area contributed by atoms with Crippen LogP contribution in [-0.4, -0.2) is 18.5 Å². The molecule has 1 amide bonds. The Morgan fingerprint density at radius 1 is 1.35 bits per heavy atom. The van der Waals surface area contributed by atoms with Gasteiger partial charge in [-0.25, -0.2) is 0 Å². The number of hydrogen-bond donors (Lipinski definition) is 1. The van der Waals surface area contributed by atoms with E-state index in [0.717, 1.165) is 18.4 Å². The Bertz CT molecular complexity index is 616. The summed E-state index contributed by atoms with van der Waals surface area (Å²) in [6, 6.07) is 4.79. The maximum absolute atomic E-state index is 11.9. The zero-order valence-corrected chi connectivity index (χ0v) is 14.4. The third kappa shape index (κ3) is 5.26. The summed E-state index contributed by atoms with van der Waals surface area (Å²) in [6.07, 6.45) is 6.34. The number of halogens is 2. The number of hydrogen-bond acceptors (Lipinski definition) is 3. The van der Waals surface area contributed by atoms with E-state index in [1.54, 1.807) is 25.1 Å². The van der Waals surface area contributed by atoms with E-state index < -0.39 is 0 Å². The van der Waals surface area contributed by atoms with E-state index >= 15 is 0 Å². The monoisotopic (exact) mass is 355 g/mol. The normalized spacial score (nSPS) is 18.3. The fourth-order valence-corrected chi connectivity index (χ4v) is 3.05. The van der Waals surface area contributed by atoms with Gasteiger partial charge < -0.3 is 10.1 Å². The van der Waals surface area contributed by atoms with Crippen molar-refractivity contribution in [3.63, 3.8) is 0 Å². The van der Waals surface area contributed by atoms with Crippen LogP contribution >= 0.6 is 23.2 Å². The average molecular weight is 356 g/mol. The molecule has 0 aliphatic heterocycles. The molecule has 0 bridgehead atoms. The molecule has 1 aromatic carbocycles. The first-order valence-electron chi connectivity index (χ1n) is 7.53. The number of benzene rings is 1. The lowest BCUT2D eigenvalue weighted by Gasteiger charge is -2.18. The molecule has 1 aliphatic carbocycles. The molecule has 1 aromatic rings. The van der Waals surface area contributed by atoms with E-state index in [-0.39, 0.29) is 30.4 Å². The van der Waals surface area contributed by atoms with Crippen LogP contribution in [0.4, 0.5) is 0 Å². The Balaban J connectivity index is 1.82. The predicted molar refractivity (Wildman–Crippen MR) is 90.5 cm³/mol. The molecule has 0 saturated heterocycles. The number of allylic oxidation sites excluding steroid dienone is 2. The van der Waals surface area contributed by atoms with Crippen molar-refractivity contribution in [3.05, 3.63) is 46.0 Å². The second kappa shape index (κ2) is 8.37. The number of ether oxygens (including phenoxy) is 1. The van der Waals surface area contributed by atoms with Gasteiger partial charge in [0.15, 0.2) is 6.61 Å². The molecule has 0 saturated carbocycles. The maximum Gasteiger partial charge on any atom is 0.309 e. The molecule has 0 radical (unpaired) electrons. The minimum absolute atomic E-state index is 0.143. The van der Waals surface area contributed by atoms with Crippen LogP contribution < -0.4 is 5.32 Å². The van der Waals surface area contributed by atoms with Crippen LogP contribution in [0.15, 0.2) is 30.4 Å². The third-order valence-electron chi connectivity index (χ3n) is 3.75. The van der Waals surface area contributed by atoms with Crippen molar-refractivity contribution in [2.75, 3.05) is 6.61 Å². The van der Waals surface area contributed by atoms with Gasteiger partial charge in [-0.15, -0.1) is 0 Å². The molecule has 4 nitrogen and oxygen atoms in total. The lowest BCUT2D eigenvalue weighted by atomic mass is 9.95. The van der Waals surface area contributed by atoms with Gasteiger partial charge in [0.2, 0.25) is 0 Å². The van der Waals surface area contributed by atoms with Crippen molar-refractivity contribution in [2.45, 2.75) is 32.2 Å². The summed E-state index contributed by atoms with van der Waals surface area (Å²) in [5.41, 5.74) is 0.758. The average Bonchev–Trinajstić information content (AvgIpc) is 2.53. The number of rotatable bonds is 5. The van der Waals surface area contributed by atoms with Gasteiger partial charge in [0.05, 0.1) is 12.0 Å². The van der Waals surface area contributed by atoms with Gasteiger partial charge in [-0.2, -0.15) is 0 Å². The highest BCUT2D eigenvalue weighted by molar-refractivity contribution is 6.35. The van der Waals surface area contributed by atoms with Crippen molar-refractivity contribution in [1.29, 1.82) is 0 Å². The van der Waals surface area contributed by atoms with Crippen molar-refractivity contribution >= 4 is 35.1 Å². The fraction of sp³-hybridized carbons (Fsp3) is 0.412. The van der Waals surface area contributed by atoms with E-state index in [2.05, 4.69) is 5.32 Å². The number of carbonyl (C=O) groups excluding carboxylic acids is 2. The van der Waals surface area contributed by atoms with E-state index in [4.69, 9.17) is 27.9 Å². The first-order valence-corrected chi connectivity index (χ1v) is 8.29. The molecule has 23 heavy (non-hydrogen) atoms. The van der Waals surface area contributed by atoms with E-state index in [9.17, 15) is 9.59 Å². The zero-order valence-electron chi connectivity index (χ0n) is 12.9. The second-order valence-corrected chi connectivity index (χ2v) is 6.39.